The van der Waals surface area contributed by atoms with Gasteiger partial charge in [0.2, 0.25) is 5.91 Å². The Bertz CT molecular complexity index is 1510. The van der Waals surface area contributed by atoms with Crippen LogP contribution in [0.2, 0.25) is 0 Å². The Morgan fingerprint density at radius 2 is 1.75 bits per heavy atom. The predicted octanol–water partition coefficient (Wildman–Crippen LogP) is 4.25. The molecule has 0 aliphatic rings. The van der Waals surface area contributed by atoms with E-state index in [1.54, 1.807) is 47.9 Å². The van der Waals surface area contributed by atoms with E-state index in [-0.39, 0.29) is 30.4 Å². The van der Waals surface area contributed by atoms with Gasteiger partial charge in [0.1, 0.15) is 11.6 Å². The number of carbonyl (C=O) groups is 3. The van der Waals surface area contributed by atoms with Crippen molar-refractivity contribution in [1.29, 1.82) is 0 Å². The fraction of sp³-hybridized carbons (Fsp3) is 0.179. The number of halogens is 1. The summed E-state index contributed by atoms with van der Waals surface area (Å²) in [6.45, 7) is 1.99. The summed E-state index contributed by atoms with van der Waals surface area (Å²) in [5.41, 5.74) is 1.69. The fourth-order valence-electron chi connectivity index (χ4n) is 3.69. The van der Waals surface area contributed by atoms with Gasteiger partial charge in [-0.25, -0.2) is 9.18 Å². The average molecular weight is 564 g/mol. The SMILES string of the molecule is CCOC(=O)c1ccc(NC(=O)CSc2nnc(CNC(=O)c3cccc(F)c3)n2-c2ccccc2OC)cc1. The number of para-hydroxylation sites is 2. The second-order valence-corrected chi connectivity index (χ2v) is 9.18. The molecule has 1 aromatic heterocycles. The van der Waals surface area contributed by atoms with E-state index in [1.807, 2.05) is 12.1 Å². The minimum Gasteiger partial charge on any atom is -0.495 e. The Balaban J connectivity index is 1.48. The van der Waals surface area contributed by atoms with Gasteiger partial charge < -0.3 is 20.1 Å². The van der Waals surface area contributed by atoms with Crippen LogP contribution < -0.4 is 15.4 Å². The maximum absolute atomic E-state index is 13.6. The van der Waals surface area contributed by atoms with Gasteiger partial charge in [-0.1, -0.05) is 30.0 Å². The summed E-state index contributed by atoms with van der Waals surface area (Å²) in [4.78, 5) is 37.1. The molecule has 4 aromatic rings. The van der Waals surface area contributed by atoms with E-state index in [4.69, 9.17) is 9.47 Å². The van der Waals surface area contributed by atoms with Crippen LogP contribution in [-0.4, -0.2) is 52.0 Å². The number of amides is 2. The van der Waals surface area contributed by atoms with Crippen LogP contribution in [-0.2, 0) is 16.1 Å². The molecule has 0 bridgehead atoms. The molecular formula is C28H26FN5O5S. The van der Waals surface area contributed by atoms with Crippen molar-refractivity contribution in [2.45, 2.75) is 18.6 Å². The third-order valence-corrected chi connectivity index (χ3v) is 6.46. The Morgan fingerprint density at radius 1 is 0.975 bits per heavy atom. The van der Waals surface area contributed by atoms with Crippen LogP contribution in [0, 0.1) is 5.82 Å². The molecule has 40 heavy (non-hydrogen) atoms. The Kier molecular flexibility index (Phi) is 9.47. The number of esters is 1. The molecule has 0 aliphatic heterocycles. The molecule has 0 radical (unpaired) electrons. The van der Waals surface area contributed by atoms with E-state index in [0.29, 0.717) is 33.7 Å². The number of methoxy groups -OCH3 is 1. The summed E-state index contributed by atoms with van der Waals surface area (Å²) in [6.07, 6.45) is 0. The molecule has 0 unspecified atom stereocenters. The molecule has 0 saturated heterocycles. The lowest BCUT2D eigenvalue weighted by Crippen LogP contribution is -2.25. The highest BCUT2D eigenvalue weighted by molar-refractivity contribution is 7.99. The topological polar surface area (TPSA) is 124 Å². The second-order valence-electron chi connectivity index (χ2n) is 8.23. The van der Waals surface area contributed by atoms with Gasteiger partial charge in [0.05, 0.1) is 37.3 Å². The lowest BCUT2D eigenvalue weighted by atomic mass is 10.2. The number of nitrogens with zero attached hydrogens (tertiary/aromatic N) is 3. The van der Waals surface area contributed by atoms with Crippen molar-refractivity contribution in [3.05, 3.63) is 95.6 Å². The third kappa shape index (κ3) is 7.03. The van der Waals surface area contributed by atoms with Crippen molar-refractivity contribution in [3.63, 3.8) is 0 Å². The van der Waals surface area contributed by atoms with E-state index >= 15 is 0 Å². The predicted molar refractivity (Wildman–Crippen MR) is 147 cm³/mol. The standard InChI is InChI=1S/C28H26FN5O5S/c1-3-39-27(37)18-11-13-21(14-12-18)31-25(35)17-40-28-33-32-24(34(28)22-9-4-5-10-23(22)38-2)16-30-26(36)19-7-6-8-20(29)15-19/h4-15H,3,16-17H2,1-2H3,(H,30,36)(H,31,35). The van der Waals surface area contributed by atoms with Gasteiger partial charge in [-0.3, -0.25) is 14.2 Å². The summed E-state index contributed by atoms with van der Waals surface area (Å²) < 4.78 is 25.7. The third-order valence-electron chi connectivity index (χ3n) is 5.53. The van der Waals surface area contributed by atoms with Crippen LogP contribution in [0.5, 0.6) is 5.75 Å². The first-order valence-electron chi connectivity index (χ1n) is 12.2. The lowest BCUT2D eigenvalue weighted by molar-refractivity contribution is -0.113. The van der Waals surface area contributed by atoms with Gasteiger partial charge in [0.15, 0.2) is 11.0 Å². The number of rotatable bonds is 11. The average Bonchev–Trinajstić information content (AvgIpc) is 3.37. The summed E-state index contributed by atoms with van der Waals surface area (Å²) in [6, 6.07) is 18.9. The molecular weight excluding hydrogens is 537 g/mol. The van der Waals surface area contributed by atoms with Gasteiger partial charge in [0.25, 0.3) is 5.91 Å². The first-order chi connectivity index (χ1) is 19.4. The van der Waals surface area contributed by atoms with E-state index < -0.39 is 17.7 Å². The minimum absolute atomic E-state index is 0.00254. The monoisotopic (exact) mass is 563 g/mol. The maximum Gasteiger partial charge on any atom is 0.338 e. The van der Waals surface area contributed by atoms with Crippen LogP contribution in [0.1, 0.15) is 33.5 Å². The molecule has 0 spiro atoms. The van der Waals surface area contributed by atoms with Crippen LogP contribution in [0.25, 0.3) is 5.69 Å². The molecule has 206 valence electrons. The van der Waals surface area contributed by atoms with Gasteiger partial charge in [-0.05, 0) is 61.5 Å². The molecule has 10 nitrogen and oxygen atoms in total. The Labute approximate surface area is 233 Å². The highest BCUT2D eigenvalue weighted by Gasteiger charge is 2.20. The minimum atomic E-state index is -0.517. The van der Waals surface area contributed by atoms with Gasteiger partial charge >= 0.3 is 5.97 Å². The number of hydrogen-bond donors (Lipinski definition) is 2. The molecule has 0 fully saturated rings. The quantitative estimate of drug-likeness (QED) is 0.205. The number of anilines is 1. The molecule has 1 heterocycles. The molecule has 0 aliphatic carbocycles. The fourth-order valence-corrected chi connectivity index (χ4v) is 4.45. The summed E-state index contributed by atoms with van der Waals surface area (Å²) in [7, 11) is 1.53. The number of aromatic nitrogens is 3. The van der Waals surface area contributed by atoms with Crippen molar-refractivity contribution >= 4 is 35.2 Å². The normalized spacial score (nSPS) is 10.6. The van der Waals surface area contributed by atoms with Gasteiger partial charge in [-0.15, -0.1) is 10.2 Å². The van der Waals surface area contributed by atoms with E-state index in [1.165, 1.54) is 25.3 Å². The van der Waals surface area contributed by atoms with Crippen LogP contribution in [0.15, 0.2) is 78.0 Å². The summed E-state index contributed by atoms with van der Waals surface area (Å²) >= 11 is 1.14. The maximum atomic E-state index is 13.6. The lowest BCUT2D eigenvalue weighted by Gasteiger charge is -2.14. The number of benzene rings is 3. The van der Waals surface area contributed by atoms with Crippen molar-refractivity contribution in [1.82, 2.24) is 20.1 Å². The van der Waals surface area contributed by atoms with Crippen LogP contribution in [0.3, 0.4) is 0 Å². The molecule has 0 saturated carbocycles. The molecule has 3 aromatic carbocycles. The number of carbonyl (C=O) groups excluding carboxylic acids is 3. The second kappa shape index (κ2) is 13.4. The highest BCUT2D eigenvalue weighted by Crippen LogP contribution is 2.29. The zero-order valence-corrected chi connectivity index (χ0v) is 22.5. The Morgan fingerprint density at radius 3 is 2.48 bits per heavy atom. The molecule has 4 rings (SSSR count). The number of thioether (sulfide) groups is 1. The first-order valence-corrected chi connectivity index (χ1v) is 13.2. The number of nitrogens with one attached hydrogen (secondary N) is 2. The van der Waals surface area contributed by atoms with E-state index in [0.717, 1.165) is 17.8 Å². The zero-order chi connectivity index (χ0) is 28.5. The largest absolute Gasteiger partial charge is 0.495 e. The van der Waals surface area contributed by atoms with Crippen molar-refractivity contribution in [2.75, 3.05) is 24.8 Å². The van der Waals surface area contributed by atoms with Gasteiger partial charge in [-0.2, -0.15) is 0 Å². The molecule has 2 N–H and O–H groups in total. The molecule has 12 heteroatoms. The van der Waals surface area contributed by atoms with Crippen LogP contribution in [0.4, 0.5) is 10.1 Å². The number of ether oxygens (including phenoxy) is 2. The number of hydrogen-bond acceptors (Lipinski definition) is 8. The molecule has 2 amide bonds. The summed E-state index contributed by atoms with van der Waals surface area (Å²) in [5, 5.41) is 14.4. The summed E-state index contributed by atoms with van der Waals surface area (Å²) in [5.74, 6) is -0.810. The first kappa shape index (κ1) is 28.3. The van der Waals surface area contributed by atoms with E-state index in [9.17, 15) is 18.8 Å². The Hall–Kier alpha value is -4.71. The molecule has 0 atom stereocenters. The van der Waals surface area contributed by atoms with Crippen LogP contribution >= 0.6 is 11.8 Å². The van der Waals surface area contributed by atoms with E-state index in [2.05, 4.69) is 20.8 Å². The highest BCUT2D eigenvalue weighted by atomic mass is 32.2. The van der Waals surface area contributed by atoms with Gasteiger partial charge in [0, 0.05) is 11.3 Å². The smallest absolute Gasteiger partial charge is 0.338 e. The van der Waals surface area contributed by atoms with Crippen molar-refractivity contribution < 1.29 is 28.2 Å². The zero-order valence-electron chi connectivity index (χ0n) is 21.7. The van der Waals surface area contributed by atoms with Crippen molar-refractivity contribution in [3.8, 4) is 11.4 Å². The van der Waals surface area contributed by atoms with Crippen molar-refractivity contribution in [2.24, 2.45) is 0 Å².